The molecule has 1 fully saturated rings. The molecule has 116 valence electrons. The summed E-state index contributed by atoms with van der Waals surface area (Å²) in [6.07, 6.45) is 2.43. The molecule has 1 aliphatic heterocycles. The van der Waals surface area contributed by atoms with Crippen molar-refractivity contribution in [3.63, 3.8) is 0 Å². The van der Waals surface area contributed by atoms with E-state index < -0.39 is 5.60 Å². The molecule has 0 aliphatic carbocycles. The highest BCUT2D eigenvalue weighted by molar-refractivity contribution is 5.68. The number of ether oxygens (including phenoxy) is 1. The number of nitrogens with one attached hydrogen (secondary N) is 1. The molecule has 0 aromatic carbocycles. The van der Waals surface area contributed by atoms with Gasteiger partial charge in [-0.3, -0.25) is 9.88 Å². The van der Waals surface area contributed by atoms with Gasteiger partial charge in [-0.25, -0.2) is 4.79 Å². The lowest BCUT2D eigenvalue weighted by molar-refractivity contribution is 0.0504. The van der Waals surface area contributed by atoms with Crippen molar-refractivity contribution in [1.82, 2.24) is 15.2 Å². The van der Waals surface area contributed by atoms with E-state index in [1.807, 2.05) is 45.2 Å². The Labute approximate surface area is 126 Å². The van der Waals surface area contributed by atoms with Gasteiger partial charge in [0.05, 0.1) is 5.69 Å². The molecule has 2 rings (SSSR count). The number of amides is 1. The van der Waals surface area contributed by atoms with Crippen LogP contribution in [0.25, 0.3) is 0 Å². The minimum Gasteiger partial charge on any atom is -0.444 e. The van der Waals surface area contributed by atoms with Gasteiger partial charge in [-0.2, -0.15) is 0 Å². The number of alkyl carbamates (subject to hydrolysis) is 1. The largest absolute Gasteiger partial charge is 0.444 e. The van der Waals surface area contributed by atoms with Crippen LogP contribution in [0.4, 0.5) is 4.79 Å². The number of nitrogens with zero attached hydrogens (tertiary/aromatic N) is 2. The maximum Gasteiger partial charge on any atom is 0.407 e. The van der Waals surface area contributed by atoms with Crippen LogP contribution in [0.15, 0.2) is 24.4 Å². The van der Waals surface area contributed by atoms with E-state index in [-0.39, 0.29) is 18.2 Å². The molecule has 2 heterocycles. The first-order chi connectivity index (χ1) is 9.85. The van der Waals surface area contributed by atoms with Crippen LogP contribution in [0.3, 0.4) is 0 Å². The van der Waals surface area contributed by atoms with Crippen molar-refractivity contribution in [1.29, 1.82) is 0 Å². The second-order valence-electron chi connectivity index (χ2n) is 6.56. The molecular formula is C16H25N3O2. The Hall–Kier alpha value is -1.62. The van der Waals surface area contributed by atoms with E-state index in [9.17, 15) is 4.79 Å². The summed E-state index contributed by atoms with van der Waals surface area (Å²) in [5, 5.41) is 2.95. The highest BCUT2D eigenvalue weighted by Gasteiger charge is 2.29. The molecule has 1 saturated heterocycles. The lowest BCUT2D eigenvalue weighted by Gasteiger charge is -2.24. The first kappa shape index (κ1) is 15.8. The van der Waals surface area contributed by atoms with Gasteiger partial charge in [0.15, 0.2) is 0 Å². The van der Waals surface area contributed by atoms with E-state index in [4.69, 9.17) is 4.74 Å². The minimum absolute atomic E-state index is 0.144. The molecule has 21 heavy (non-hydrogen) atoms. The van der Waals surface area contributed by atoms with Crippen molar-refractivity contribution in [2.75, 3.05) is 13.1 Å². The summed E-state index contributed by atoms with van der Waals surface area (Å²) in [6.45, 7) is 9.55. The number of hydrogen-bond donors (Lipinski definition) is 1. The van der Waals surface area contributed by atoms with Crippen LogP contribution in [-0.2, 0) is 4.74 Å². The van der Waals surface area contributed by atoms with E-state index in [0.717, 1.165) is 25.2 Å². The summed E-state index contributed by atoms with van der Waals surface area (Å²) in [4.78, 5) is 18.5. The monoisotopic (exact) mass is 291 g/mol. The van der Waals surface area contributed by atoms with E-state index in [2.05, 4.69) is 22.1 Å². The summed E-state index contributed by atoms with van der Waals surface area (Å²) in [5.41, 5.74) is 0.610. The van der Waals surface area contributed by atoms with Gasteiger partial charge in [0.1, 0.15) is 5.60 Å². The lowest BCUT2D eigenvalue weighted by Crippen LogP contribution is -2.40. The Bertz CT molecular complexity index is 470. The zero-order valence-electron chi connectivity index (χ0n) is 13.3. The van der Waals surface area contributed by atoms with Crippen molar-refractivity contribution in [3.05, 3.63) is 30.1 Å². The number of pyridine rings is 1. The summed E-state index contributed by atoms with van der Waals surface area (Å²) < 4.78 is 5.30. The van der Waals surface area contributed by atoms with Gasteiger partial charge >= 0.3 is 6.09 Å². The Morgan fingerprint density at radius 1 is 1.48 bits per heavy atom. The van der Waals surface area contributed by atoms with Crippen molar-refractivity contribution in [2.45, 2.75) is 51.8 Å². The minimum atomic E-state index is -0.455. The summed E-state index contributed by atoms with van der Waals surface area (Å²) in [6, 6.07) is 6.38. The molecule has 1 aromatic rings. The molecule has 5 heteroatoms. The highest BCUT2D eigenvalue weighted by atomic mass is 16.6. The van der Waals surface area contributed by atoms with Gasteiger partial charge in [0.25, 0.3) is 0 Å². The zero-order chi connectivity index (χ0) is 15.5. The maximum absolute atomic E-state index is 11.8. The van der Waals surface area contributed by atoms with Crippen LogP contribution >= 0.6 is 0 Å². The topological polar surface area (TPSA) is 54.5 Å². The Kier molecular flexibility index (Phi) is 4.83. The lowest BCUT2D eigenvalue weighted by atomic mass is 10.2. The molecule has 1 aromatic heterocycles. The predicted octanol–water partition coefficient (Wildman–Crippen LogP) is 2.74. The molecule has 0 bridgehead atoms. The number of likely N-dealkylation sites (tertiary alicyclic amines) is 1. The first-order valence-corrected chi connectivity index (χ1v) is 7.49. The van der Waals surface area contributed by atoms with Gasteiger partial charge in [-0.1, -0.05) is 6.07 Å². The summed E-state index contributed by atoms with van der Waals surface area (Å²) >= 11 is 0. The van der Waals surface area contributed by atoms with Gasteiger partial charge in [0, 0.05) is 31.4 Å². The highest BCUT2D eigenvalue weighted by Crippen LogP contribution is 2.23. The zero-order valence-corrected chi connectivity index (χ0v) is 13.3. The van der Waals surface area contributed by atoms with E-state index >= 15 is 0 Å². The number of carbonyl (C=O) groups is 1. The number of rotatable bonds is 3. The van der Waals surface area contributed by atoms with Crippen LogP contribution in [0.1, 0.15) is 45.9 Å². The van der Waals surface area contributed by atoms with Crippen LogP contribution in [0.5, 0.6) is 0 Å². The fourth-order valence-corrected chi connectivity index (χ4v) is 2.54. The molecule has 0 saturated carbocycles. The molecule has 2 atom stereocenters. The third kappa shape index (κ3) is 4.70. The quantitative estimate of drug-likeness (QED) is 0.930. The fraction of sp³-hybridized carbons (Fsp3) is 0.625. The molecular weight excluding hydrogens is 266 g/mol. The molecule has 1 N–H and O–H groups in total. The van der Waals surface area contributed by atoms with Crippen LogP contribution in [-0.4, -0.2) is 40.7 Å². The molecule has 1 unspecified atom stereocenters. The Balaban J connectivity index is 1.85. The van der Waals surface area contributed by atoms with Crippen LogP contribution in [0.2, 0.25) is 0 Å². The van der Waals surface area contributed by atoms with E-state index in [0.29, 0.717) is 0 Å². The van der Waals surface area contributed by atoms with Crippen molar-refractivity contribution < 1.29 is 9.53 Å². The second kappa shape index (κ2) is 6.43. The third-order valence-corrected chi connectivity index (χ3v) is 3.60. The number of carbonyl (C=O) groups excluding carboxylic acids is 1. The SMILES string of the molecule is CC(c1ccccn1)N1CC[C@H](NC(=O)OC(C)(C)C)C1. The fourth-order valence-electron chi connectivity index (χ4n) is 2.54. The van der Waals surface area contributed by atoms with E-state index in [1.54, 1.807) is 0 Å². The Morgan fingerprint density at radius 3 is 2.86 bits per heavy atom. The molecule has 5 nitrogen and oxygen atoms in total. The predicted molar refractivity (Wildman–Crippen MR) is 82.0 cm³/mol. The van der Waals surface area contributed by atoms with Gasteiger partial charge in [0.2, 0.25) is 0 Å². The normalized spacial score (nSPS) is 21.0. The van der Waals surface area contributed by atoms with Crippen molar-refractivity contribution in [2.24, 2.45) is 0 Å². The third-order valence-electron chi connectivity index (χ3n) is 3.60. The van der Waals surface area contributed by atoms with Crippen LogP contribution < -0.4 is 5.32 Å². The first-order valence-electron chi connectivity index (χ1n) is 7.49. The van der Waals surface area contributed by atoms with Gasteiger partial charge in [-0.05, 0) is 46.2 Å². The second-order valence-corrected chi connectivity index (χ2v) is 6.56. The summed E-state index contributed by atoms with van der Waals surface area (Å²) in [5.74, 6) is 0. The van der Waals surface area contributed by atoms with Gasteiger partial charge in [-0.15, -0.1) is 0 Å². The standard InChI is InChI=1S/C16H25N3O2/c1-12(14-7-5-6-9-17-14)19-10-8-13(11-19)18-15(20)21-16(2,3)4/h5-7,9,12-13H,8,10-11H2,1-4H3,(H,18,20)/t12?,13-/m0/s1. The number of aromatic nitrogens is 1. The molecule has 1 aliphatic rings. The van der Waals surface area contributed by atoms with Crippen LogP contribution in [0, 0.1) is 0 Å². The van der Waals surface area contributed by atoms with Crippen molar-refractivity contribution >= 4 is 6.09 Å². The van der Waals surface area contributed by atoms with E-state index in [1.165, 1.54) is 0 Å². The maximum atomic E-state index is 11.8. The molecule has 0 spiro atoms. The number of hydrogen-bond acceptors (Lipinski definition) is 4. The molecule has 0 radical (unpaired) electrons. The average molecular weight is 291 g/mol. The average Bonchev–Trinajstić information content (AvgIpc) is 2.85. The Morgan fingerprint density at radius 2 is 2.24 bits per heavy atom. The molecule has 1 amide bonds. The summed E-state index contributed by atoms with van der Waals surface area (Å²) in [7, 11) is 0. The van der Waals surface area contributed by atoms with Crippen molar-refractivity contribution in [3.8, 4) is 0 Å². The van der Waals surface area contributed by atoms with Gasteiger partial charge < -0.3 is 10.1 Å². The smallest absolute Gasteiger partial charge is 0.407 e.